The number of rotatable bonds is 5. The van der Waals surface area contributed by atoms with Crippen LogP contribution in [0.25, 0.3) is 0 Å². The molecule has 4 rings (SSSR count). The van der Waals surface area contributed by atoms with Gasteiger partial charge in [-0.15, -0.1) is 0 Å². The lowest BCUT2D eigenvalue weighted by Gasteiger charge is -2.32. The van der Waals surface area contributed by atoms with Gasteiger partial charge in [0, 0.05) is 25.2 Å². The van der Waals surface area contributed by atoms with E-state index in [-0.39, 0.29) is 11.8 Å². The van der Waals surface area contributed by atoms with Gasteiger partial charge in [0.1, 0.15) is 0 Å². The molecule has 1 aromatic carbocycles. The van der Waals surface area contributed by atoms with E-state index in [1.807, 2.05) is 24.1 Å². The first-order valence-corrected chi connectivity index (χ1v) is 9.53. The molecule has 2 fully saturated rings. The molecule has 1 heterocycles. The summed E-state index contributed by atoms with van der Waals surface area (Å²) >= 11 is 0. The molecule has 2 aliphatic rings. The minimum absolute atomic E-state index is 0.142. The molecule has 2 aromatic rings. The lowest BCUT2D eigenvalue weighted by Crippen LogP contribution is -2.43. The summed E-state index contributed by atoms with van der Waals surface area (Å²) < 4.78 is 1.82. The van der Waals surface area contributed by atoms with E-state index in [0.717, 1.165) is 19.3 Å². The molecule has 4 heteroatoms. The molecule has 0 spiro atoms. The van der Waals surface area contributed by atoms with E-state index >= 15 is 0 Å². The van der Waals surface area contributed by atoms with Crippen LogP contribution in [0.15, 0.2) is 42.7 Å². The first kappa shape index (κ1) is 16.4. The molecule has 25 heavy (non-hydrogen) atoms. The molecule has 1 aromatic heterocycles. The average Bonchev–Trinajstić information content (AvgIpc) is 3.32. The molecular weight excluding hydrogens is 310 g/mol. The number of carbonyl (C=O) groups is 1. The second kappa shape index (κ2) is 7.03. The summed E-state index contributed by atoms with van der Waals surface area (Å²) in [5, 5.41) is 7.62. The molecule has 0 saturated heterocycles. The van der Waals surface area contributed by atoms with Gasteiger partial charge >= 0.3 is 0 Å². The van der Waals surface area contributed by atoms with Gasteiger partial charge in [0.05, 0.1) is 6.20 Å². The van der Waals surface area contributed by atoms with Crippen molar-refractivity contribution >= 4 is 5.91 Å². The SMILES string of the molecule is Cn1cc([C@@H]2C[C@@H]2C(=O)N[C@@H]2CCCC[C@@H]2Cc2ccccc2)cn1. The minimum atomic E-state index is 0.142. The van der Waals surface area contributed by atoms with E-state index in [0.29, 0.717) is 17.9 Å². The lowest BCUT2D eigenvalue weighted by molar-refractivity contribution is -0.123. The van der Waals surface area contributed by atoms with E-state index in [2.05, 4.69) is 40.7 Å². The van der Waals surface area contributed by atoms with Gasteiger partial charge in [0.25, 0.3) is 0 Å². The van der Waals surface area contributed by atoms with Crippen LogP contribution < -0.4 is 5.32 Å². The number of amides is 1. The fraction of sp³-hybridized carbons (Fsp3) is 0.524. The van der Waals surface area contributed by atoms with Gasteiger partial charge in [0.15, 0.2) is 0 Å². The molecule has 2 aliphatic carbocycles. The van der Waals surface area contributed by atoms with Crippen LogP contribution in [0.4, 0.5) is 0 Å². The lowest BCUT2D eigenvalue weighted by atomic mass is 9.80. The summed E-state index contributed by atoms with van der Waals surface area (Å²) in [6, 6.07) is 11.0. The number of benzene rings is 1. The van der Waals surface area contributed by atoms with Crippen LogP contribution in [0.2, 0.25) is 0 Å². The van der Waals surface area contributed by atoms with Crippen molar-refractivity contribution in [3.63, 3.8) is 0 Å². The first-order valence-electron chi connectivity index (χ1n) is 9.53. The summed E-state index contributed by atoms with van der Waals surface area (Å²) in [5.41, 5.74) is 2.58. The fourth-order valence-corrected chi connectivity index (χ4v) is 4.33. The maximum absolute atomic E-state index is 12.7. The Morgan fingerprint density at radius 2 is 2.04 bits per heavy atom. The van der Waals surface area contributed by atoms with Crippen molar-refractivity contribution in [1.29, 1.82) is 0 Å². The van der Waals surface area contributed by atoms with Crippen LogP contribution in [0.1, 0.15) is 49.1 Å². The largest absolute Gasteiger partial charge is 0.353 e. The third-order valence-electron chi connectivity index (χ3n) is 5.86. The number of carbonyl (C=O) groups excluding carboxylic acids is 1. The standard InChI is InChI=1S/C21H27N3O/c1-24-14-17(13-22-24)18-12-19(18)21(25)23-20-10-6-5-9-16(20)11-15-7-3-2-4-8-15/h2-4,7-8,13-14,16,18-20H,5-6,9-12H2,1H3,(H,23,25)/t16-,18+,19+,20-/m1/s1. The zero-order chi connectivity index (χ0) is 17.2. The minimum Gasteiger partial charge on any atom is -0.353 e. The van der Waals surface area contributed by atoms with E-state index in [4.69, 9.17) is 0 Å². The van der Waals surface area contributed by atoms with Gasteiger partial charge in [-0.2, -0.15) is 5.10 Å². The quantitative estimate of drug-likeness (QED) is 0.908. The number of aryl methyl sites for hydroxylation is 1. The second-order valence-electron chi connectivity index (χ2n) is 7.75. The zero-order valence-corrected chi connectivity index (χ0v) is 14.9. The van der Waals surface area contributed by atoms with Gasteiger partial charge in [-0.1, -0.05) is 43.2 Å². The zero-order valence-electron chi connectivity index (χ0n) is 14.9. The molecule has 1 N–H and O–H groups in total. The number of nitrogens with zero attached hydrogens (tertiary/aromatic N) is 2. The highest BCUT2D eigenvalue weighted by atomic mass is 16.2. The number of nitrogens with one attached hydrogen (secondary N) is 1. The summed E-state index contributed by atoms with van der Waals surface area (Å²) in [5.74, 6) is 1.32. The van der Waals surface area contributed by atoms with Gasteiger partial charge in [-0.05, 0) is 48.6 Å². The average molecular weight is 337 g/mol. The Hall–Kier alpha value is -2.10. The second-order valence-corrected chi connectivity index (χ2v) is 7.75. The molecule has 132 valence electrons. The van der Waals surface area contributed by atoms with Crippen molar-refractivity contribution < 1.29 is 4.79 Å². The summed E-state index contributed by atoms with van der Waals surface area (Å²) in [4.78, 5) is 12.7. The third kappa shape index (κ3) is 3.78. The highest BCUT2D eigenvalue weighted by Gasteiger charge is 2.45. The molecule has 0 unspecified atom stereocenters. The van der Waals surface area contributed by atoms with Crippen LogP contribution >= 0.6 is 0 Å². The Bertz CT molecular complexity index is 724. The fourth-order valence-electron chi connectivity index (χ4n) is 4.33. The number of hydrogen-bond donors (Lipinski definition) is 1. The topological polar surface area (TPSA) is 46.9 Å². The van der Waals surface area contributed by atoms with Gasteiger partial charge < -0.3 is 5.32 Å². The first-order chi connectivity index (χ1) is 12.2. The van der Waals surface area contributed by atoms with Crippen LogP contribution in [-0.2, 0) is 18.3 Å². The highest BCUT2D eigenvalue weighted by molar-refractivity contribution is 5.83. The van der Waals surface area contributed by atoms with Crippen LogP contribution in [0.3, 0.4) is 0 Å². The van der Waals surface area contributed by atoms with Gasteiger partial charge in [0.2, 0.25) is 5.91 Å². The Morgan fingerprint density at radius 1 is 1.24 bits per heavy atom. The molecule has 1 amide bonds. The van der Waals surface area contributed by atoms with Crippen LogP contribution in [-0.4, -0.2) is 21.7 Å². The smallest absolute Gasteiger partial charge is 0.223 e. The van der Waals surface area contributed by atoms with Crippen molar-refractivity contribution in [2.75, 3.05) is 0 Å². The normalized spacial score (nSPS) is 28.5. The Kier molecular flexibility index (Phi) is 4.60. The van der Waals surface area contributed by atoms with Crippen molar-refractivity contribution in [3.8, 4) is 0 Å². The van der Waals surface area contributed by atoms with Crippen molar-refractivity contribution in [1.82, 2.24) is 15.1 Å². The summed E-state index contributed by atoms with van der Waals surface area (Å²) in [6.07, 6.45) is 10.8. The van der Waals surface area contributed by atoms with E-state index in [1.54, 1.807) is 0 Å². The van der Waals surface area contributed by atoms with Crippen molar-refractivity contribution in [3.05, 3.63) is 53.9 Å². The Morgan fingerprint density at radius 3 is 2.80 bits per heavy atom. The third-order valence-corrected chi connectivity index (χ3v) is 5.86. The van der Waals surface area contributed by atoms with Gasteiger partial charge in [-0.3, -0.25) is 9.48 Å². The molecule has 0 bridgehead atoms. The van der Waals surface area contributed by atoms with Gasteiger partial charge in [-0.25, -0.2) is 0 Å². The van der Waals surface area contributed by atoms with E-state index < -0.39 is 0 Å². The predicted molar refractivity (Wildman–Crippen MR) is 98.1 cm³/mol. The predicted octanol–water partition coefficient (Wildman–Crippen LogP) is 3.44. The van der Waals surface area contributed by atoms with Crippen LogP contribution in [0.5, 0.6) is 0 Å². The Balaban J connectivity index is 1.36. The maximum atomic E-state index is 12.7. The van der Waals surface area contributed by atoms with Crippen LogP contribution in [0, 0.1) is 11.8 Å². The van der Waals surface area contributed by atoms with Crippen molar-refractivity contribution in [2.45, 2.75) is 50.5 Å². The van der Waals surface area contributed by atoms with E-state index in [9.17, 15) is 4.79 Å². The molecule has 4 atom stereocenters. The van der Waals surface area contributed by atoms with Crippen molar-refractivity contribution in [2.24, 2.45) is 18.9 Å². The monoisotopic (exact) mass is 337 g/mol. The molecule has 0 aliphatic heterocycles. The Labute approximate surface area is 149 Å². The maximum Gasteiger partial charge on any atom is 0.223 e. The molecule has 4 nitrogen and oxygen atoms in total. The summed E-state index contributed by atoms with van der Waals surface area (Å²) in [6.45, 7) is 0. The molecule has 0 radical (unpaired) electrons. The number of hydrogen-bond acceptors (Lipinski definition) is 2. The molecule has 2 saturated carbocycles. The highest BCUT2D eigenvalue weighted by Crippen LogP contribution is 2.47. The number of aromatic nitrogens is 2. The van der Waals surface area contributed by atoms with E-state index in [1.165, 1.54) is 30.4 Å². The summed E-state index contributed by atoms with van der Waals surface area (Å²) in [7, 11) is 1.93. The molecular formula is C21H27N3O.